The maximum atomic E-state index is 12.2. The molecule has 20 heavy (non-hydrogen) atoms. The van der Waals surface area contributed by atoms with E-state index in [1.165, 1.54) is 6.20 Å². The van der Waals surface area contributed by atoms with Gasteiger partial charge in [0.25, 0.3) is 5.91 Å². The first-order valence-electron chi connectivity index (χ1n) is 6.23. The number of amides is 1. The van der Waals surface area contributed by atoms with Crippen LogP contribution in [0.25, 0.3) is 0 Å². The minimum absolute atomic E-state index is 0.202. The van der Waals surface area contributed by atoms with E-state index >= 15 is 0 Å². The third-order valence-electron chi connectivity index (χ3n) is 2.99. The highest BCUT2D eigenvalue weighted by atomic mass is 16.5. The number of carbonyl (C=O) groups is 1. The van der Waals surface area contributed by atoms with Crippen molar-refractivity contribution in [3.8, 4) is 5.75 Å². The van der Waals surface area contributed by atoms with Gasteiger partial charge in [0.15, 0.2) is 0 Å². The standard InChI is InChI=1S/C15H17N3O2/c1-10-8-11(4-5-14(10)20-3)18-15(19)12-9-17-7-6-13(12)16-2/h4-9H,1-3H3,(H,16,17)(H,18,19). The Labute approximate surface area is 118 Å². The van der Waals surface area contributed by atoms with Gasteiger partial charge in [-0.25, -0.2) is 0 Å². The maximum Gasteiger partial charge on any atom is 0.259 e. The number of pyridine rings is 1. The number of hydrogen-bond donors (Lipinski definition) is 2. The first-order valence-corrected chi connectivity index (χ1v) is 6.23. The first kappa shape index (κ1) is 13.9. The highest BCUT2D eigenvalue weighted by molar-refractivity contribution is 6.07. The molecule has 0 radical (unpaired) electrons. The summed E-state index contributed by atoms with van der Waals surface area (Å²) in [6.07, 6.45) is 3.18. The number of nitrogens with one attached hydrogen (secondary N) is 2. The van der Waals surface area contributed by atoms with Crippen molar-refractivity contribution in [2.24, 2.45) is 0 Å². The van der Waals surface area contributed by atoms with Gasteiger partial charge in [0, 0.05) is 30.8 Å². The Kier molecular flexibility index (Phi) is 4.20. The highest BCUT2D eigenvalue weighted by Crippen LogP contribution is 2.22. The molecule has 0 saturated carbocycles. The van der Waals surface area contributed by atoms with Crippen LogP contribution < -0.4 is 15.4 Å². The van der Waals surface area contributed by atoms with Crippen LogP contribution in [0.1, 0.15) is 15.9 Å². The molecule has 2 aromatic rings. The molecule has 2 rings (SSSR count). The summed E-state index contributed by atoms with van der Waals surface area (Å²) in [5, 5.41) is 5.82. The van der Waals surface area contributed by atoms with Crippen molar-refractivity contribution in [1.29, 1.82) is 0 Å². The van der Waals surface area contributed by atoms with Crippen molar-refractivity contribution in [3.63, 3.8) is 0 Å². The highest BCUT2D eigenvalue weighted by Gasteiger charge is 2.11. The molecule has 5 nitrogen and oxygen atoms in total. The topological polar surface area (TPSA) is 63.2 Å². The molecule has 0 saturated heterocycles. The fourth-order valence-corrected chi connectivity index (χ4v) is 1.95. The third-order valence-corrected chi connectivity index (χ3v) is 2.99. The molecule has 0 aliphatic heterocycles. The molecule has 1 heterocycles. The lowest BCUT2D eigenvalue weighted by atomic mass is 10.1. The molecule has 0 atom stereocenters. The van der Waals surface area contributed by atoms with Crippen LogP contribution in [0.2, 0.25) is 0 Å². The molecule has 0 aliphatic rings. The quantitative estimate of drug-likeness (QED) is 0.897. The number of carbonyl (C=O) groups excluding carboxylic acids is 1. The second-order valence-corrected chi connectivity index (χ2v) is 4.31. The smallest absolute Gasteiger partial charge is 0.259 e. The minimum Gasteiger partial charge on any atom is -0.496 e. The van der Waals surface area contributed by atoms with Gasteiger partial charge in [-0.3, -0.25) is 9.78 Å². The van der Waals surface area contributed by atoms with Crippen LogP contribution in [-0.2, 0) is 0 Å². The molecule has 0 spiro atoms. The second-order valence-electron chi connectivity index (χ2n) is 4.31. The van der Waals surface area contributed by atoms with Gasteiger partial charge in [0.2, 0.25) is 0 Å². The van der Waals surface area contributed by atoms with E-state index in [0.717, 1.165) is 22.7 Å². The van der Waals surface area contributed by atoms with Crippen molar-refractivity contribution < 1.29 is 9.53 Å². The largest absolute Gasteiger partial charge is 0.496 e. The Balaban J connectivity index is 2.21. The number of anilines is 2. The van der Waals surface area contributed by atoms with Crippen LogP contribution in [0.15, 0.2) is 36.7 Å². The number of nitrogens with zero attached hydrogens (tertiary/aromatic N) is 1. The fraction of sp³-hybridized carbons (Fsp3) is 0.200. The van der Waals surface area contributed by atoms with E-state index in [-0.39, 0.29) is 5.91 Å². The summed E-state index contributed by atoms with van der Waals surface area (Å²) < 4.78 is 5.19. The molecule has 0 fully saturated rings. The van der Waals surface area contributed by atoms with E-state index in [0.29, 0.717) is 5.56 Å². The molecule has 0 aliphatic carbocycles. The van der Waals surface area contributed by atoms with E-state index in [9.17, 15) is 4.79 Å². The maximum absolute atomic E-state index is 12.2. The Morgan fingerprint density at radius 1 is 1.30 bits per heavy atom. The molecule has 1 aromatic heterocycles. The zero-order chi connectivity index (χ0) is 14.5. The number of methoxy groups -OCH3 is 1. The number of aryl methyl sites for hydroxylation is 1. The second kappa shape index (κ2) is 6.06. The summed E-state index contributed by atoms with van der Waals surface area (Å²) in [6, 6.07) is 7.26. The lowest BCUT2D eigenvalue weighted by Crippen LogP contribution is -2.14. The molecular formula is C15H17N3O2. The fourth-order valence-electron chi connectivity index (χ4n) is 1.95. The van der Waals surface area contributed by atoms with Crippen LogP contribution in [-0.4, -0.2) is 25.0 Å². The van der Waals surface area contributed by atoms with Crippen LogP contribution in [0, 0.1) is 6.92 Å². The van der Waals surface area contributed by atoms with Gasteiger partial charge < -0.3 is 15.4 Å². The van der Waals surface area contributed by atoms with Gasteiger partial charge in [-0.1, -0.05) is 0 Å². The summed E-state index contributed by atoms with van der Waals surface area (Å²) in [4.78, 5) is 16.2. The summed E-state index contributed by atoms with van der Waals surface area (Å²) in [5.41, 5.74) is 2.93. The Bertz CT molecular complexity index is 626. The Hall–Kier alpha value is -2.56. The van der Waals surface area contributed by atoms with Crippen LogP contribution in [0.3, 0.4) is 0 Å². The first-order chi connectivity index (χ1) is 9.65. The number of rotatable bonds is 4. The predicted molar refractivity (Wildman–Crippen MR) is 79.5 cm³/mol. The van der Waals surface area contributed by atoms with E-state index in [4.69, 9.17) is 4.74 Å². The lowest BCUT2D eigenvalue weighted by molar-refractivity contribution is 0.102. The molecular weight excluding hydrogens is 254 g/mol. The Morgan fingerprint density at radius 2 is 2.10 bits per heavy atom. The van der Waals surface area contributed by atoms with Gasteiger partial charge in [0.05, 0.1) is 12.7 Å². The lowest BCUT2D eigenvalue weighted by Gasteiger charge is -2.11. The summed E-state index contributed by atoms with van der Waals surface area (Å²) in [7, 11) is 3.39. The van der Waals surface area contributed by atoms with Crippen LogP contribution in [0.4, 0.5) is 11.4 Å². The van der Waals surface area contributed by atoms with Crippen LogP contribution >= 0.6 is 0 Å². The van der Waals surface area contributed by atoms with Crippen molar-refractivity contribution in [3.05, 3.63) is 47.8 Å². The van der Waals surface area contributed by atoms with Crippen LogP contribution in [0.5, 0.6) is 5.75 Å². The number of ether oxygens (including phenoxy) is 1. The predicted octanol–water partition coefficient (Wildman–Crippen LogP) is 2.69. The number of benzene rings is 1. The summed E-state index contributed by atoms with van der Waals surface area (Å²) >= 11 is 0. The molecule has 5 heteroatoms. The van der Waals surface area contributed by atoms with Gasteiger partial charge in [-0.15, -0.1) is 0 Å². The summed E-state index contributed by atoms with van der Waals surface area (Å²) in [6.45, 7) is 1.93. The van der Waals surface area contributed by atoms with Gasteiger partial charge in [-0.2, -0.15) is 0 Å². The van der Waals surface area contributed by atoms with Crippen molar-refractivity contribution in [2.75, 3.05) is 24.8 Å². The van der Waals surface area contributed by atoms with Gasteiger partial charge in [0.1, 0.15) is 5.75 Å². The van der Waals surface area contributed by atoms with Gasteiger partial charge >= 0.3 is 0 Å². The van der Waals surface area contributed by atoms with Crippen molar-refractivity contribution in [1.82, 2.24) is 4.98 Å². The normalized spacial score (nSPS) is 9.95. The average Bonchev–Trinajstić information content (AvgIpc) is 2.47. The van der Waals surface area contributed by atoms with Crippen molar-refractivity contribution in [2.45, 2.75) is 6.92 Å². The van der Waals surface area contributed by atoms with E-state index in [1.807, 2.05) is 19.1 Å². The SMILES string of the molecule is CNc1ccncc1C(=O)Nc1ccc(OC)c(C)c1. The number of aromatic nitrogens is 1. The summed E-state index contributed by atoms with van der Waals surface area (Å²) in [5.74, 6) is 0.590. The van der Waals surface area contributed by atoms with E-state index in [1.54, 1.807) is 32.5 Å². The molecule has 104 valence electrons. The molecule has 0 unspecified atom stereocenters. The third kappa shape index (κ3) is 2.88. The minimum atomic E-state index is -0.202. The van der Waals surface area contributed by atoms with E-state index in [2.05, 4.69) is 15.6 Å². The zero-order valence-electron chi connectivity index (χ0n) is 11.7. The van der Waals surface area contributed by atoms with Crippen molar-refractivity contribution >= 4 is 17.3 Å². The Morgan fingerprint density at radius 3 is 2.75 bits per heavy atom. The van der Waals surface area contributed by atoms with E-state index < -0.39 is 0 Å². The number of hydrogen-bond acceptors (Lipinski definition) is 4. The molecule has 0 bridgehead atoms. The van der Waals surface area contributed by atoms with Gasteiger partial charge in [-0.05, 0) is 36.8 Å². The molecule has 1 amide bonds. The molecule has 1 aromatic carbocycles. The molecule has 2 N–H and O–H groups in total. The monoisotopic (exact) mass is 271 g/mol. The zero-order valence-corrected chi connectivity index (χ0v) is 11.7. The average molecular weight is 271 g/mol.